The first-order chi connectivity index (χ1) is 7.13. The average Bonchev–Trinajstić information content (AvgIpc) is 2.20. The number of aromatic nitrogens is 2. The predicted octanol–water partition coefficient (Wildman–Crippen LogP) is 1.43. The van der Waals surface area contributed by atoms with Crippen LogP contribution in [0.2, 0.25) is 0 Å². The van der Waals surface area contributed by atoms with Crippen molar-refractivity contribution in [2.45, 2.75) is 20.4 Å². The molecule has 0 radical (unpaired) electrons. The van der Waals surface area contributed by atoms with Crippen LogP contribution in [-0.4, -0.2) is 14.7 Å². The van der Waals surface area contributed by atoms with Gasteiger partial charge in [-0.05, 0) is 32.0 Å². The van der Waals surface area contributed by atoms with Crippen LogP contribution >= 0.6 is 0 Å². The summed E-state index contributed by atoms with van der Waals surface area (Å²) in [6.07, 6.45) is 0. The highest BCUT2D eigenvalue weighted by atomic mass is 16.3. The van der Waals surface area contributed by atoms with Crippen molar-refractivity contribution in [2.24, 2.45) is 0 Å². The molecule has 0 spiro atoms. The van der Waals surface area contributed by atoms with Crippen LogP contribution in [0.3, 0.4) is 0 Å². The summed E-state index contributed by atoms with van der Waals surface area (Å²) in [7, 11) is 0. The number of benzene rings is 1. The lowest BCUT2D eigenvalue weighted by atomic mass is 10.2. The SMILES string of the molecule is CCn1c(C)nc2ccc(O)cc2c1=O. The summed E-state index contributed by atoms with van der Waals surface area (Å²) in [5.41, 5.74) is 0.524. The lowest BCUT2D eigenvalue weighted by molar-refractivity contribution is 0.476. The van der Waals surface area contributed by atoms with Gasteiger partial charge in [0.1, 0.15) is 11.6 Å². The van der Waals surface area contributed by atoms with E-state index in [2.05, 4.69) is 4.98 Å². The Balaban J connectivity index is 2.92. The molecule has 0 saturated carbocycles. The van der Waals surface area contributed by atoms with Crippen LogP contribution in [0, 0.1) is 6.92 Å². The minimum atomic E-state index is -0.101. The second kappa shape index (κ2) is 3.38. The van der Waals surface area contributed by atoms with E-state index >= 15 is 0 Å². The largest absolute Gasteiger partial charge is 0.508 e. The number of nitrogens with zero attached hydrogens (tertiary/aromatic N) is 2. The molecule has 1 heterocycles. The molecule has 4 nitrogen and oxygen atoms in total. The molecule has 0 bridgehead atoms. The first-order valence-electron chi connectivity index (χ1n) is 4.83. The van der Waals surface area contributed by atoms with Gasteiger partial charge in [0.05, 0.1) is 10.9 Å². The van der Waals surface area contributed by atoms with Crippen molar-refractivity contribution in [3.8, 4) is 5.75 Å². The molecule has 1 N–H and O–H groups in total. The van der Waals surface area contributed by atoms with Gasteiger partial charge in [-0.2, -0.15) is 0 Å². The van der Waals surface area contributed by atoms with E-state index in [1.165, 1.54) is 12.1 Å². The van der Waals surface area contributed by atoms with Crippen molar-refractivity contribution >= 4 is 10.9 Å². The second-order valence-corrected chi connectivity index (χ2v) is 3.41. The smallest absolute Gasteiger partial charge is 0.261 e. The van der Waals surface area contributed by atoms with Gasteiger partial charge in [-0.15, -0.1) is 0 Å². The second-order valence-electron chi connectivity index (χ2n) is 3.41. The Morgan fingerprint density at radius 2 is 2.20 bits per heavy atom. The number of hydrogen-bond donors (Lipinski definition) is 1. The van der Waals surface area contributed by atoms with Crippen molar-refractivity contribution in [3.05, 3.63) is 34.4 Å². The molecular weight excluding hydrogens is 192 g/mol. The van der Waals surface area contributed by atoms with E-state index in [-0.39, 0.29) is 11.3 Å². The van der Waals surface area contributed by atoms with Crippen LogP contribution < -0.4 is 5.56 Å². The average molecular weight is 204 g/mol. The summed E-state index contributed by atoms with van der Waals surface area (Å²) in [4.78, 5) is 16.2. The molecule has 0 atom stereocenters. The van der Waals surface area contributed by atoms with Crippen LogP contribution in [0.15, 0.2) is 23.0 Å². The van der Waals surface area contributed by atoms with E-state index in [1.807, 2.05) is 6.92 Å². The zero-order valence-corrected chi connectivity index (χ0v) is 8.69. The van der Waals surface area contributed by atoms with Gasteiger partial charge in [-0.3, -0.25) is 9.36 Å². The number of fused-ring (bicyclic) bond motifs is 1. The summed E-state index contributed by atoms with van der Waals surface area (Å²) in [5.74, 6) is 0.786. The maximum Gasteiger partial charge on any atom is 0.261 e. The molecule has 0 saturated heterocycles. The topological polar surface area (TPSA) is 55.1 Å². The summed E-state index contributed by atoms with van der Waals surface area (Å²) in [6.45, 7) is 4.28. The highest BCUT2D eigenvalue weighted by Gasteiger charge is 2.06. The number of phenols is 1. The summed E-state index contributed by atoms with van der Waals surface area (Å²) < 4.78 is 1.59. The standard InChI is InChI=1S/C11H12N2O2/c1-3-13-7(2)12-10-5-4-8(14)6-9(10)11(13)15/h4-6,14H,3H2,1-2H3. The third-order valence-corrected chi connectivity index (χ3v) is 2.44. The third kappa shape index (κ3) is 1.48. The number of hydrogen-bond acceptors (Lipinski definition) is 3. The van der Waals surface area contributed by atoms with E-state index in [1.54, 1.807) is 17.6 Å². The molecule has 0 amide bonds. The van der Waals surface area contributed by atoms with Crippen molar-refractivity contribution < 1.29 is 5.11 Å². The number of aromatic hydroxyl groups is 1. The maximum atomic E-state index is 11.9. The predicted molar refractivity (Wildman–Crippen MR) is 58.1 cm³/mol. The molecule has 0 fully saturated rings. The third-order valence-electron chi connectivity index (χ3n) is 2.44. The van der Waals surface area contributed by atoms with Gasteiger partial charge in [0.15, 0.2) is 0 Å². The molecule has 0 aliphatic heterocycles. The normalized spacial score (nSPS) is 10.8. The minimum Gasteiger partial charge on any atom is -0.508 e. The Labute approximate surface area is 86.8 Å². The molecule has 0 aliphatic rings. The number of aryl methyl sites for hydroxylation is 1. The van der Waals surface area contributed by atoms with Gasteiger partial charge >= 0.3 is 0 Å². The fourth-order valence-corrected chi connectivity index (χ4v) is 1.69. The summed E-state index contributed by atoms with van der Waals surface area (Å²) >= 11 is 0. The fraction of sp³-hybridized carbons (Fsp3) is 0.273. The van der Waals surface area contributed by atoms with Crippen LogP contribution in [-0.2, 0) is 6.54 Å². The molecular formula is C11H12N2O2. The summed E-state index contributed by atoms with van der Waals surface area (Å²) in [5, 5.41) is 9.77. The van der Waals surface area contributed by atoms with E-state index in [9.17, 15) is 9.90 Å². The van der Waals surface area contributed by atoms with Crippen molar-refractivity contribution in [2.75, 3.05) is 0 Å². The molecule has 0 aliphatic carbocycles. The number of rotatable bonds is 1. The van der Waals surface area contributed by atoms with E-state index < -0.39 is 0 Å². The summed E-state index contributed by atoms with van der Waals surface area (Å²) in [6, 6.07) is 4.64. The van der Waals surface area contributed by atoms with Gasteiger partial charge in [0, 0.05) is 6.54 Å². The van der Waals surface area contributed by atoms with E-state index in [0.717, 1.165) is 0 Å². The fourth-order valence-electron chi connectivity index (χ4n) is 1.69. The van der Waals surface area contributed by atoms with Crippen molar-refractivity contribution in [3.63, 3.8) is 0 Å². The molecule has 15 heavy (non-hydrogen) atoms. The highest BCUT2D eigenvalue weighted by Crippen LogP contribution is 2.15. The Bertz CT molecular complexity index is 573. The lowest BCUT2D eigenvalue weighted by Gasteiger charge is -2.07. The lowest BCUT2D eigenvalue weighted by Crippen LogP contribution is -2.22. The molecule has 1 aromatic carbocycles. The number of phenolic OH excluding ortho intramolecular Hbond substituents is 1. The van der Waals surface area contributed by atoms with Crippen LogP contribution in [0.4, 0.5) is 0 Å². The molecule has 0 unspecified atom stereocenters. The van der Waals surface area contributed by atoms with Crippen LogP contribution in [0.1, 0.15) is 12.7 Å². The molecule has 2 aromatic rings. The van der Waals surface area contributed by atoms with E-state index in [0.29, 0.717) is 23.3 Å². The molecule has 78 valence electrons. The first kappa shape index (κ1) is 9.71. The minimum absolute atomic E-state index is 0.0907. The zero-order chi connectivity index (χ0) is 11.0. The van der Waals surface area contributed by atoms with Crippen molar-refractivity contribution in [1.29, 1.82) is 0 Å². The van der Waals surface area contributed by atoms with Crippen LogP contribution in [0.5, 0.6) is 5.75 Å². The Morgan fingerprint density at radius 1 is 1.47 bits per heavy atom. The van der Waals surface area contributed by atoms with Gasteiger partial charge in [0.2, 0.25) is 0 Å². The van der Waals surface area contributed by atoms with E-state index in [4.69, 9.17) is 0 Å². The quantitative estimate of drug-likeness (QED) is 0.764. The molecule has 2 rings (SSSR count). The zero-order valence-electron chi connectivity index (χ0n) is 8.69. The Morgan fingerprint density at radius 3 is 2.87 bits per heavy atom. The van der Waals surface area contributed by atoms with Gasteiger partial charge in [-0.25, -0.2) is 4.98 Å². The molecule has 1 aromatic heterocycles. The monoisotopic (exact) mass is 204 g/mol. The van der Waals surface area contributed by atoms with Crippen LogP contribution in [0.25, 0.3) is 10.9 Å². The van der Waals surface area contributed by atoms with Gasteiger partial charge < -0.3 is 5.11 Å². The highest BCUT2D eigenvalue weighted by molar-refractivity contribution is 5.79. The maximum absolute atomic E-state index is 11.9. The Kier molecular flexibility index (Phi) is 2.19. The molecule has 4 heteroatoms. The van der Waals surface area contributed by atoms with Crippen molar-refractivity contribution in [1.82, 2.24) is 9.55 Å². The first-order valence-corrected chi connectivity index (χ1v) is 4.83. The van der Waals surface area contributed by atoms with Gasteiger partial charge in [0.25, 0.3) is 5.56 Å². The van der Waals surface area contributed by atoms with Gasteiger partial charge in [-0.1, -0.05) is 0 Å². The Hall–Kier alpha value is -1.84.